The van der Waals surface area contributed by atoms with E-state index >= 15 is 0 Å². The number of aromatic nitrogens is 4. The fourth-order valence-electron chi connectivity index (χ4n) is 3.71. The highest BCUT2D eigenvalue weighted by Crippen LogP contribution is 2.27. The van der Waals surface area contributed by atoms with Crippen LogP contribution < -0.4 is 16.0 Å². The minimum absolute atomic E-state index is 0.171. The molecule has 0 amide bonds. The highest BCUT2D eigenvalue weighted by molar-refractivity contribution is 5.77. The molecule has 0 saturated carbocycles. The second kappa shape index (κ2) is 8.78. The summed E-state index contributed by atoms with van der Waals surface area (Å²) in [5.41, 5.74) is 0.240. The Hall–Kier alpha value is -3.75. The molecule has 0 atom stereocenters. The number of halogens is 2. The summed E-state index contributed by atoms with van der Waals surface area (Å²) < 4.78 is 36.0. The monoisotopic (exact) mass is 440 g/mol. The Balaban J connectivity index is 2.03. The lowest BCUT2D eigenvalue weighted by molar-refractivity contribution is 0.408. The van der Waals surface area contributed by atoms with Crippen molar-refractivity contribution < 1.29 is 13.5 Å². The Bertz CT molecular complexity index is 1400. The summed E-state index contributed by atoms with van der Waals surface area (Å²) in [7, 11) is 1.54. The normalized spacial score (nSPS) is 11.2. The fraction of sp³-hybridized carbons (Fsp3) is 0.261. The SMILES string of the molecule is CCCCn1c(=O)[nH]c(=O)c2c1nc(-c1ccc(F)c(F)c1)n2Cc1ccccc1OC. The number of H-pyrrole nitrogens is 1. The van der Waals surface area contributed by atoms with E-state index in [0.717, 1.165) is 24.1 Å². The zero-order valence-electron chi connectivity index (χ0n) is 17.7. The molecular weight excluding hydrogens is 418 g/mol. The van der Waals surface area contributed by atoms with Crippen molar-refractivity contribution in [3.8, 4) is 17.1 Å². The standard InChI is InChI=1S/C23H22F2N4O3/c1-3-4-11-28-21-19(22(30)27-23(28)31)29(13-15-7-5-6-8-18(15)32-2)20(26-21)14-9-10-16(24)17(25)12-14/h5-10,12H,3-4,11,13H2,1-2H3,(H,27,30,31). The first-order chi connectivity index (χ1) is 15.4. The average molecular weight is 440 g/mol. The van der Waals surface area contributed by atoms with Crippen LogP contribution >= 0.6 is 0 Å². The van der Waals surface area contributed by atoms with Crippen molar-refractivity contribution in [1.82, 2.24) is 19.1 Å². The number of para-hydroxylation sites is 1. The predicted octanol–water partition coefficient (Wildman–Crippen LogP) is 3.69. The number of imidazole rings is 1. The molecule has 2 heterocycles. The maximum Gasteiger partial charge on any atom is 0.330 e. The minimum Gasteiger partial charge on any atom is -0.496 e. The lowest BCUT2D eigenvalue weighted by atomic mass is 10.1. The first-order valence-electron chi connectivity index (χ1n) is 10.2. The van der Waals surface area contributed by atoms with Crippen LogP contribution in [0.2, 0.25) is 0 Å². The molecule has 32 heavy (non-hydrogen) atoms. The van der Waals surface area contributed by atoms with Crippen LogP contribution in [-0.4, -0.2) is 26.2 Å². The van der Waals surface area contributed by atoms with Crippen molar-refractivity contribution in [3.63, 3.8) is 0 Å². The van der Waals surface area contributed by atoms with E-state index in [2.05, 4.69) is 9.97 Å². The van der Waals surface area contributed by atoms with Crippen LogP contribution in [-0.2, 0) is 13.1 Å². The third-order valence-electron chi connectivity index (χ3n) is 5.32. The molecule has 0 spiro atoms. The molecule has 166 valence electrons. The number of unbranched alkanes of at least 4 members (excludes halogenated alkanes) is 1. The molecule has 2 aromatic heterocycles. The van der Waals surface area contributed by atoms with Gasteiger partial charge in [-0.2, -0.15) is 0 Å². The van der Waals surface area contributed by atoms with Crippen molar-refractivity contribution in [2.75, 3.05) is 7.11 Å². The van der Waals surface area contributed by atoms with Gasteiger partial charge in [-0.15, -0.1) is 0 Å². The number of aromatic amines is 1. The van der Waals surface area contributed by atoms with Gasteiger partial charge in [0.15, 0.2) is 22.8 Å². The van der Waals surface area contributed by atoms with Crippen LogP contribution in [0.5, 0.6) is 5.75 Å². The molecular formula is C23H22F2N4O3. The van der Waals surface area contributed by atoms with Gasteiger partial charge in [-0.3, -0.25) is 14.3 Å². The second-order valence-electron chi connectivity index (χ2n) is 7.40. The lowest BCUT2D eigenvalue weighted by Gasteiger charge is -2.12. The average Bonchev–Trinajstić information content (AvgIpc) is 3.15. The van der Waals surface area contributed by atoms with Gasteiger partial charge in [0, 0.05) is 17.7 Å². The van der Waals surface area contributed by atoms with Crippen LogP contribution in [0.25, 0.3) is 22.6 Å². The van der Waals surface area contributed by atoms with E-state index in [4.69, 9.17) is 4.74 Å². The van der Waals surface area contributed by atoms with E-state index in [9.17, 15) is 18.4 Å². The third kappa shape index (κ3) is 3.81. The van der Waals surface area contributed by atoms with E-state index in [0.29, 0.717) is 18.7 Å². The summed E-state index contributed by atoms with van der Waals surface area (Å²) in [6, 6.07) is 10.7. The number of nitrogens with zero attached hydrogens (tertiary/aromatic N) is 3. The van der Waals surface area contributed by atoms with Crippen molar-refractivity contribution in [1.29, 1.82) is 0 Å². The molecule has 1 N–H and O–H groups in total. The molecule has 0 fully saturated rings. The molecule has 2 aromatic carbocycles. The van der Waals surface area contributed by atoms with Crippen LogP contribution in [0.3, 0.4) is 0 Å². The Morgan fingerprint density at radius 3 is 2.56 bits per heavy atom. The number of aryl methyl sites for hydroxylation is 1. The molecule has 0 saturated heterocycles. The Labute approximate surface area is 181 Å². The number of hydrogen-bond donors (Lipinski definition) is 1. The highest BCUT2D eigenvalue weighted by atomic mass is 19.2. The molecule has 7 nitrogen and oxygen atoms in total. The van der Waals surface area contributed by atoms with E-state index in [-0.39, 0.29) is 29.1 Å². The number of fused-ring (bicyclic) bond motifs is 1. The predicted molar refractivity (Wildman–Crippen MR) is 117 cm³/mol. The van der Waals surface area contributed by atoms with Crippen LogP contribution in [0.4, 0.5) is 8.78 Å². The summed E-state index contributed by atoms with van der Waals surface area (Å²) in [4.78, 5) is 32.3. The van der Waals surface area contributed by atoms with Crippen LogP contribution in [0, 0.1) is 11.6 Å². The smallest absolute Gasteiger partial charge is 0.330 e. The molecule has 0 aliphatic rings. The third-order valence-corrected chi connectivity index (χ3v) is 5.32. The highest BCUT2D eigenvalue weighted by Gasteiger charge is 2.21. The van der Waals surface area contributed by atoms with Gasteiger partial charge < -0.3 is 9.30 Å². The van der Waals surface area contributed by atoms with Gasteiger partial charge in [-0.25, -0.2) is 18.6 Å². The quantitative estimate of drug-likeness (QED) is 0.475. The second-order valence-corrected chi connectivity index (χ2v) is 7.40. The summed E-state index contributed by atoms with van der Waals surface area (Å²) in [6.45, 7) is 2.52. The number of methoxy groups -OCH3 is 1. The van der Waals surface area contributed by atoms with Gasteiger partial charge in [-0.05, 0) is 30.7 Å². The Morgan fingerprint density at radius 1 is 1.06 bits per heavy atom. The van der Waals surface area contributed by atoms with Gasteiger partial charge in [0.25, 0.3) is 5.56 Å². The molecule has 0 aliphatic heterocycles. The molecule has 9 heteroatoms. The van der Waals surface area contributed by atoms with Gasteiger partial charge in [-0.1, -0.05) is 31.5 Å². The molecule has 4 rings (SSSR count). The number of benzene rings is 2. The molecule has 0 bridgehead atoms. The van der Waals surface area contributed by atoms with E-state index < -0.39 is 22.9 Å². The molecule has 0 radical (unpaired) electrons. The summed E-state index contributed by atoms with van der Waals surface area (Å²) in [5.74, 6) is -1.18. The summed E-state index contributed by atoms with van der Waals surface area (Å²) >= 11 is 0. The summed E-state index contributed by atoms with van der Waals surface area (Å²) in [6.07, 6.45) is 1.55. The largest absolute Gasteiger partial charge is 0.496 e. The van der Waals surface area contributed by atoms with Crippen molar-refractivity contribution in [2.45, 2.75) is 32.9 Å². The first kappa shape index (κ1) is 21.5. The van der Waals surface area contributed by atoms with Gasteiger partial charge in [0.1, 0.15) is 11.6 Å². The molecule has 4 aromatic rings. The zero-order chi connectivity index (χ0) is 22.8. The van der Waals surface area contributed by atoms with Gasteiger partial charge >= 0.3 is 5.69 Å². The van der Waals surface area contributed by atoms with E-state index in [1.165, 1.54) is 17.7 Å². The maximum atomic E-state index is 14.0. The van der Waals surface area contributed by atoms with Crippen molar-refractivity contribution in [2.24, 2.45) is 0 Å². The number of hydrogen-bond acceptors (Lipinski definition) is 4. The number of rotatable bonds is 7. The molecule has 0 aliphatic carbocycles. The topological polar surface area (TPSA) is 81.9 Å². The lowest BCUT2D eigenvalue weighted by Crippen LogP contribution is -2.31. The van der Waals surface area contributed by atoms with Crippen LogP contribution in [0.1, 0.15) is 25.3 Å². The summed E-state index contributed by atoms with van der Waals surface area (Å²) in [5, 5.41) is 0. The molecule has 0 unspecified atom stereocenters. The zero-order valence-corrected chi connectivity index (χ0v) is 17.7. The van der Waals surface area contributed by atoms with E-state index in [1.54, 1.807) is 10.6 Å². The number of ether oxygens (including phenoxy) is 1. The maximum absolute atomic E-state index is 14.0. The first-order valence-corrected chi connectivity index (χ1v) is 10.2. The van der Waals surface area contributed by atoms with Gasteiger partial charge in [0.05, 0.1) is 13.7 Å². The number of nitrogens with one attached hydrogen (secondary N) is 1. The Morgan fingerprint density at radius 2 is 1.84 bits per heavy atom. The van der Waals surface area contributed by atoms with Crippen LogP contribution in [0.15, 0.2) is 52.1 Å². The fourth-order valence-corrected chi connectivity index (χ4v) is 3.71. The van der Waals surface area contributed by atoms with Crippen molar-refractivity contribution >= 4 is 11.2 Å². The minimum atomic E-state index is -1.03. The van der Waals surface area contributed by atoms with E-state index in [1.807, 2.05) is 25.1 Å². The Kier molecular flexibility index (Phi) is 5.89. The van der Waals surface area contributed by atoms with Gasteiger partial charge in [0.2, 0.25) is 0 Å². The van der Waals surface area contributed by atoms with Crippen molar-refractivity contribution in [3.05, 3.63) is 80.5 Å².